The first-order valence-electron chi connectivity index (χ1n) is 5.83. The van der Waals surface area contributed by atoms with E-state index in [2.05, 4.69) is 20.3 Å². The Labute approximate surface area is 113 Å². The first-order valence-corrected chi connectivity index (χ1v) is 6.98. The molecule has 2 atom stereocenters. The zero-order valence-corrected chi connectivity index (χ0v) is 11.1. The number of methoxy groups -OCH3 is 1. The summed E-state index contributed by atoms with van der Waals surface area (Å²) >= 11 is 1.80. The maximum atomic E-state index is 6.00. The molecule has 1 aliphatic heterocycles. The smallest absolute Gasteiger partial charge is 0.233 e. The van der Waals surface area contributed by atoms with Crippen LogP contribution in [-0.2, 0) is 0 Å². The molecule has 3 rings (SSSR count). The third kappa shape index (κ3) is 2.41. The van der Waals surface area contributed by atoms with E-state index in [0.29, 0.717) is 23.3 Å². The van der Waals surface area contributed by atoms with E-state index in [0.717, 1.165) is 11.5 Å². The Bertz CT molecular complexity index is 558. The summed E-state index contributed by atoms with van der Waals surface area (Å²) in [5.74, 6) is 3.40. The summed E-state index contributed by atoms with van der Waals surface area (Å²) in [6.45, 7) is 0. The number of hydrogen-bond acceptors (Lipinski definition) is 8. The highest BCUT2D eigenvalue weighted by Crippen LogP contribution is 2.31. The van der Waals surface area contributed by atoms with Gasteiger partial charge in [0.1, 0.15) is 5.69 Å². The lowest BCUT2D eigenvalue weighted by molar-refractivity contribution is 0.352. The summed E-state index contributed by atoms with van der Waals surface area (Å²) in [4.78, 5) is 4.35. The lowest BCUT2D eigenvalue weighted by Gasteiger charge is -2.07. The average molecular weight is 279 g/mol. The van der Waals surface area contributed by atoms with Crippen LogP contribution in [0, 0.1) is 0 Å². The fourth-order valence-corrected chi connectivity index (χ4v) is 3.15. The molecule has 19 heavy (non-hydrogen) atoms. The maximum Gasteiger partial charge on any atom is 0.233 e. The van der Waals surface area contributed by atoms with Crippen LogP contribution in [0.1, 0.15) is 11.8 Å². The minimum Gasteiger partial charge on any atom is -0.480 e. The van der Waals surface area contributed by atoms with Gasteiger partial charge in [-0.1, -0.05) is 5.16 Å². The van der Waals surface area contributed by atoms with Gasteiger partial charge in [0.15, 0.2) is 0 Å². The molecule has 1 aliphatic rings. The van der Waals surface area contributed by atoms with E-state index in [1.54, 1.807) is 23.9 Å². The Morgan fingerprint density at radius 1 is 1.37 bits per heavy atom. The van der Waals surface area contributed by atoms with E-state index in [4.69, 9.17) is 15.0 Å². The molecule has 3 heterocycles. The second kappa shape index (κ2) is 5.14. The van der Waals surface area contributed by atoms with E-state index in [1.807, 2.05) is 0 Å². The molecule has 0 aromatic carbocycles. The summed E-state index contributed by atoms with van der Waals surface area (Å²) in [7, 11) is 1.54. The summed E-state index contributed by atoms with van der Waals surface area (Å²) in [5.41, 5.74) is 6.55. The Morgan fingerprint density at radius 2 is 2.26 bits per heavy atom. The highest BCUT2D eigenvalue weighted by molar-refractivity contribution is 7.99. The zero-order valence-electron chi connectivity index (χ0n) is 10.3. The van der Waals surface area contributed by atoms with Crippen LogP contribution in [-0.4, -0.2) is 45.0 Å². The van der Waals surface area contributed by atoms with Gasteiger partial charge in [0, 0.05) is 23.6 Å². The third-order valence-corrected chi connectivity index (χ3v) is 4.18. The van der Waals surface area contributed by atoms with Crippen molar-refractivity contribution in [3.63, 3.8) is 0 Å². The van der Waals surface area contributed by atoms with Gasteiger partial charge < -0.3 is 15.0 Å². The SMILES string of the molecule is COc1ccc(-c2noc(C3CSCC3N)n2)nn1. The van der Waals surface area contributed by atoms with Crippen LogP contribution < -0.4 is 10.5 Å². The number of nitrogens with zero attached hydrogens (tertiary/aromatic N) is 4. The van der Waals surface area contributed by atoms with Gasteiger partial charge in [-0.25, -0.2) is 0 Å². The molecule has 8 heteroatoms. The molecule has 0 saturated carbocycles. The molecule has 0 aliphatic carbocycles. The minimum absolute atomic E-state index is 0.0697. The fraction of sp³-hybridized carbons (Fsp3) is 0.455. The van der Waals surface area contributed by atoms with Crippen LogP contribution in [0.25, 0.3) is 11.5 Å². The van der Waals surface area contributed by atoms with Crippen molar-refractivity contribution in [3.8, 4) is 17.4 Å². The lowest BCUT2D eigenvalue weighted by atomic mass is 10.1. The van der Waals surface area contributed by atoms with Gasteiger partial charge in [0.25, 0.3) is 0 Å². The Hall–Kier alpha value is -1.67. The van der Waals surface area contributed by atoms with Crippen LogP contribution in [0.5, 0.6) is 5.88 Å². The van der Waals surface area contributed by atoms with Gasteiger partial charge in [0.05, 0.1) is 13.0 Å². The second-order valence-electron chi connectivity index (χ2n) is 4.22. The first kappa shape index (κ1) is 12.4. The Balaban J connectivity index is 1.83. The van der Waals surface area contributed by atoms with Crippen LogP contribution in [0.3, 0.4) is 0 Å². The van der Waals surface area contributed by atoms with Gasteiger partial charge in [-0.3, -0.25) is 0 Å². The normalized spacial score (nSPS) is 22.6. The predicted molar refractivity (Wildman–Crippen MR) is 69.9 cm³/mol. The highest BCUT2D eigenvalue weighted by atomic mass is 32.2. The second-order valence-corrected chi connectivity index (χ2v) is 5.30. The van der Waals surface area contributed by atoms with Crippen molar-refractivity contribution in [1.82, 2.24) is 20.3 Å². The predicted octanol–water partition coefficient (Wildman–Crippen LogP) is 0.693. The Kier molecular flexibility index (Phi) is 3.34. The molecule has 2 N–H and O–H groups in total. The molecule has 0 bridgehead atoms. The van der Waals surface area contributed by atoms with Crippen LogP contribution in [0.15, 0.2) is 16.7 Å². The van der Waals surface area contributed by atoms with Crippen LogP contribution in [0.2, 0.25) is 0 Å². The molecular weight excluding hydrogens is 266 g/mol. The van der Waals surface area contributed by atoms with Crippen LogP contribution >= 0.6 is 11.8 Å². The highest BCUT2D eigenvalue weighted by Gasteiger charge is 2.31. The number of ether oxygens (including phenoxy) is 1. The van der Waals surface area contributed by atoms with Gasteiger partial charge in [-0.2, -0.15) is 16.7 Å². The molecule has 7 nitrogen and oxygen atoms in total. The third-order valence-electron chi connectivity index (χ3n) is 2.96. The number of aromatic nitrogens is 4. The van der Waals surface area contributed by atoms with E-state index in [1.165, 1.54) is 7.11 Å². The first-order chi connectivity index (χ1) is 9.28. The largest absolute Gasteiger partial charge is 0.480 e. The quantitative estimate of drug-likeness (QED) is 0.876. The monoisotopic (exact) mass is 279 g/mol. The van der Waals surface area contributed by atoms with Crippen molar-refractivity contribution in [2.45, 2.75) is 12.0 Å². The molecule has 1 saturated heterocycles. The zero-order chi connectivity index (χ0) is 13.2. The summed E-state index contributed by atoms with van der Waals surface area (Å²) in [5, 5.41) is 11.8. The molecular formula is C11H13N5O2S. The van der Waals surface area contributed by atoms with Crippen molar-refractivity contribution < 1.29 is 9.26 Å². The van der Waals surface area contributed by atoms with Gasteiger partial charge in [-0.15, -0.1) is 10.2 Å². The minimum atomic E-state index is 0.0697. The maximum absolute atomic E-state index is 6.00. The van der Waals surface area contributed by atoms with Crippen molar-refractivity contribution in [2.24, 2.45) is 5.73 Å². The van der Waals surface area contributed by atoms with Crippen LogP contribution in [0.4, 0.5) is 0 Å². The summed E-state index contributed by atoms with van der Waals surface area (Å²) < 4.78 is 10.2. The average Bonchev–Trinajstić information content (AvgIpc) is 3.07. The Morgan fingerprint density at radius 3 is 2.89 bits per heavy atom. The van der Waals surface area contributed by atoms with Gasteiger partial charge in [0.2, 0.25) is 17.6 Å². The van der Waals surface area contributed by atoms with Crippen molar-refractivity contribution in [1.29, 1.82) is 0 Å². The van der Waals surface area contributed by atoms with Gasteiger partial charge in [-0.05, 0) is 6.07 Å². The van der Waals surface area contributed by atoms with Crippen molar-refractivity contribution in [3.05, 3.63) is 18.0 Å². The lowest BCUT2D eigenvalue weighted by Crippen LogP contribution is -2.26. The summed E-state index contributed by atoms with van der Waals surface area (Å²) in [6, 6.07) is 3.51. The number of nitrogens with two attached hydrogens (primary N) is 1. The topological polar surface area (TPSA) is 100.0 Å². The molecule has 2 unspecified atom stereocenters. The molecule has 2 aromatic rings. The van der Waals surface area contributed by atoms with E-state index < -0.39 is 0 Å². The molecule has 0 radical (unpaired) electrons. The van der Waals surface area contributed by atoms with E-state index in [9.17, 15) is 0 Å². The number of hydrogen-bond donors (Lipinski definition) is 1. The molecule has 0 spiro atoms. The van der Waals surface area contributed by atoms with E-state index in [-0.39, 0.29) is 12.0 Å². The summed E-state index contributed by atoms with van der Waals surface area (Å²) in [6.07, 6.45) is 0. The number of rotatable bonds is 3. The molecule has 0 amide bonds. The molecule has 1 fully saturated rings. The standard InChI is InChI=1S/C11H13N5O2S/c1-17-9-3-2-8(14-15-9)10-13-11(18-16-10)6-4-19-5-7(6)12/h2-3,6-7H,4-5,12H2,1H3. The number of thioether (sulfide) groups is 1. The molecule has 100 valence electrons. The van der Waals surface area contributed by atoms with Crippen molar-refractivity contribution >= 4 is 11.8 Å². The van der Waals surface area contributed by atoms with E-state index >= 15 is 0 Å². The molecule has 2 aromatic heterocycles. The fourth-order valence-electron chi connectivity index (χ4n) is 1.86. The van der Waals surface area contributed by atoms with Gasteiger partial charge >= 0.3 is 0 Å². The van der Waals surface area contributed by atoms with Crippen molar-refractivity contribution in [2.75, 3.05) is 18.6 Å².